The van der Waals surface area contributed by atoms with E-state index < -0.39 is 0 Å². The molecule has 0 N–H and O–H groups in total. The van der Waals surface area contributed by atoms with Crippen molar-refractivity contribution < 1.29 is 9.31 Å². The van der Waals surface area contributed by atoms with E-state index in [0.29, 0.717) is 0 Å². The van der Waals surface area contributed by atoms with E-state index in [1.54, 1.807) is 22.3 Å². The fraction of sp³-hybridized carbons (Fsp3) is 0.368. The van der Waals surface area contributed by atoms with Gasteiger partial charge in [-0.3, -0.25) is 0 Å². The first kappa shape index (κ1) is 48.9. The lowest BCUT2D eigenvalue weighted by Crippen LogP contribution is -2.55. The van der Waals surface area contributed by atoms with Crippen molar-refractivity contribution in [3.05, 3.63) is 219 Å². The standard InChI is InChI=1S/C35H30.C28H33BO2.C13H9Br/c1-2-6-29-25(5-1)18-26-10-9-23(19-31(26)29)24-11-12-34-32(20-24)30-7-3-4-8-33(30)35(34)27-14-21-13-22(16-27)17-28(35)15-21;1-26(2)27(3,4)31-29(30-26)21-9-10-25-23(16-21)22-7-5-6-8-24(22)28(25)19-12-17-11-18(14-19)15-20(28)13-17;14-11-6-5-10-7-9-3-1-2-4-12(9)13(10)8-11/h1-12,19-22,27-28H,13-18H2;5-10,16-20H,11-15H2,1-4H3;1-6,8H,7H2. The molecule has 0 amide bonds. The van der Waals surface area contributed by atoms with Crippen LogP contribution in [0.5, 0.6) is 0 Å². The second kappa shape index (κ2) is 17.6. The van der Waals surface area contributed by atoms with Crippen LogP contribution in [0.4, 0.5) is 0 Å². The van der Waals surface area contributed by atoms with E-state index in [1.165, 1.54) is 142 Å². The number of hydrogen-bond acceptors (Lipinski definition) is 2. The van der Waals surface area contributed by atoms with E-state index in [2.05, 4.69) is 213 Å². The highest BCUT2D eigenvalue weighted by atomic mass is 79.9. The van der Waals surface area contributed by atoms with E-state index >= 15 is 0 Å². The molecule has 4 heteroatoms. The molecule has 8 saturated carbocycles. The van der Waals surface area contributed by atoms with Gasteiger partial charge in [-0.25, -0.2) is 0 Å². The molecule has 8 bridgehead atoms. The monoisotopic (exact) mass is 1110 g/mol. The van der Waals surface area contributed by atoms with Crippen LogP contribution >= 0.6 is 15.9 Å². The summed E-state index contributed by atoms with van der Waals surface area (Å²) >= 11 is 3.52. The van der Waals surface area contributed by atoms with E-state index in [9.17, 15) is 0 Å². The Morgan fingerprint density at radius 1 is 0.350 bits per heavy atom. The van der Waals surface area contributed by atoms with Crippen LogP contribution in [0, 0.1) is 47.3 Å². The Hall–Kier alpha value is -5.78. The van der Waals surface area contributed by atoms with Crippen molar-refractivity contribution in [2.24, 2.45) is 47.3 Å². The summed E-state index contributed by atoms with van der Waals surface area (Å²) in [7, 11) is -0.294. The van der Waals surface area contributed by atoms with E-state index in [0.717, 1.165) is 70.1 Å². The van der Waals surface area contributed by atoms with Crippen LogP contribution in [0.25, 0.3) is 55.6 Å². The molecule has 0 atom stereocenters. The number of benzene rings is 8. The highest BCUT2D eigenvalue weighted by molar-refractivity contribution is 9.10. The van der Waals surface area contributed by atoms with E-state index in [1.807, 2.05) is 0 Å². The minimum Gasteiger partial charge on any atom is -0.399 e. The van der Waals surface area contributed by atoms with Crippen LogP contribution in [0.1, 0.15) is 136 Å². The molecule has 8 aromatic carbocycles. The number of halogens is 1. The van der Waals surface area contributed by atoms with Gasteiger partial charge in [0.25, 0.3) is 0 Å². The Balaban J connectivity index is 0.000000104. The quantitative estimate of drug-likeness (QED) is 0.161. The predicted molar refractivity (Wildman–Crippen MR) is 331 cm³/mol. The second-order valence-corrected chi connectivity index (χ2v) is 28.8. The number of hydrogen-bond donors (Lipinski definition) is 0. The Labute approximate surface area is 483 Å². The van der Waals surface area contributed by atoms with E-state index in [4.69, 9.17) is 9.31 Å². The van der Waals surface area contributed by atoms with Gasteiger partial charge in [-0.15, -0.1) is 0 Å². The van der Waals surface area contributed by atoms with Gasteiger partial charge in [0, 0.05) is 15.3 Å². The zero-order valence-electron chi connectivity index (χ0n) is 47.0. The summed E-state index contributed by atoms with van der Waals surface area (Å²) in [5.41, 5.74) is 27.7. The molecule has 2 nitrogen and oxygen atoms in total. The molecular weight excluding hydrogens is 1040 g/mol. The second-order valence-electron chi connectivity index (χ2n) is 27.9. The van der Waals surface area contributed by atoms with Crippen LogP contribution in [0.2, 0.25) is 0 Å². The zero-order chi connectivity index (χ0) is 53.4. The Bertz CT molecular complexity index is 3810. The minimum absolute atomic E-state index is 0.244. The summed E-state index contributed by atoms with van der Waals surface area (Å²) in [6.07, 6.45) is 16.7. The number of fused-ring (bicyclic) bond motifs is 12. The lowest BCUT2D eigenvalue weighted by molar-refractivity contribution is -0.0399. The van der Waals surface area contributed by atoms with Crippen molar-refractivity contribution in [3.63, 3.8) is 0 Å². The van der Waals surface area contributed by atoms with Gasteiger partial charge in [0.2, 0.25) is 0 Å². The molecule has 80 heavy (non-hydrogen) atoms. The summed E-state index contributed by atoms with van der Waals surface area (Å²) in [5, 5.41) is 0. The van der Waals surface area contributed by atoms with Gasteiger partial charge in [0.05, 0.1) is 11.2 Å². The zero-order valence-corrected chi connectivity index (χ0v) is 48.6. The SMILES string of the molecule is Brc1ccc2c(c1)-c1ccccc1C2.CC1(C)OB(c2ccc3c(c2)-c2ccccc2C32C3CC4CC(C3)CC2C4)OC1(C)C.c1ccc2c(c1)Cc1ccc(-c3ccc4c(c3)-c3ccccc3C43C4CC5CC(C4)CC3C5)cc1-2. The maximum atomic E-state index is 6.41. The first-order chi connectivity index (χ1) is 38.9. The molecule has 0 radical (unpaired) electrons. The highest BCUT2D eigenvalue weighted by Gasteiger charge is 2.63. The van der Waals surface area contributed by atoms with Gasteiger partial charge < -0.3 is 9.31 Å². The van der Waals surface area contributed by atoms with Crippen molar-refractivity contribution in [2.45, 2.75) is 127 Å². The van der Waals surface area contributed by atoms with Crippen molar-refractivity contribution in [3.8, 4) is 55.6 Å². The van der Waals surface area contributed by atoms with Gasteiger partial charge in [-0.1, -0.05) is 162 Å². The molecular formula is C76H72BBrO2. The van der Waals surface area contributed by atoms with Crippen LogP contribution in [0.3, 0.4) is 0 Å². The predicted octanol–water partition coefficient (Wildman–Crippen LogP) is 18.4. The third-order valence-corrected chi connectivity index (χ3v) is 24.0. The summed E-state index contributed by atoms with van der Waals surface area (Å²) in [5.74, 6) is 7.25. The molecule has 9 fully saturated rings. The van der Waals surface area contributed by atoms with Crippen molar-refractivity contribution in [1.29, 1.82) is 0 Å². The smallest absolute Gasteiger partial charge is 0.399 e. The lowest BCUT2D eigenvalue weighted by Gasteiger charge is -2.61. The Morgan fingerprint density at radius 3 is 1.24 bits per heavy atom. The molecule has 0 aromatic heterocycles. The molecule has 1 saturated heterocycles. The van der Waals surface area contributed by atoms with Crippen molar-refractivity contribution in [2.75, 3.05) is 0 Å². The lowest BCUT2D eigenvalue weighted by atomic mass is 9.43. The van der Waals surface area contributed by atoms with Gasteiger partial charge in [0.1, 0.15) is 0 Å². The summed E-state index contributed by atoms with van der Waals surface area (Å²) in [6.45, 7) is 8.55. The third-order valence-electron chi connectivity index (χ3n) is 23.5. The normalized spacial score (nSPS) is 30.1. The molecule has 21 rings (SSSR count). The van der Waals surface area contributed by atoms with Crippen LogP contribution in [0.15, 0.2) is 174 Å². The molecule has 8 aromatic rings. The molecule has 12 aliphatic carbocycles. The van der Waals surface area contributed by atoms with Crippen molar-refractivity contribution in [1.82, 2.24) is 0 Å². The van der Waals surface area contributed by atoms with Crippen LogP contribution < -0.4 is 5.46 Å². The summed E-state index contributed by atoms with van der Waals surface area (Å²) in [6, 6.07) is 64.7. The Morgan fingerprint density at radius 2 is 0.725 bits per heavy atom. The van der Waals surface area contributed by atoms with E-state index in [-0.39, 0.29) is 29.2 Å². The molecule has 398 valence electrons. The van der Waals surface area contributed by atoms with Crippen molar-refractivity contribution >= 4 is 28.5 Å². The highest BCUT2D eigenvalue weighted by Crippen LogP contribution is 2.71. The summed E-state index contributed by atoms with van der Waals surface area (Å²) in [4.78, 5) is 0. The van der Waals surface area contributed by atoms with Gasteiger partial charge in [-0.2, -0.15) is 0 Å². The average molecular weight is 1110 g/mol. The fourth-order valence-corrected chi connectivity index (χ4v) is 20.4. The molecule has 0 unspecified atom stereocenters. The first-order valence-corrected chi connectivity index (χ1v) is 31.6. The molecule has 1 aliphatic heterocycles. The van der Waals surface area contributed by atoms with Crippen LogP contribution in [-0.2, 0) is 33.0 Å². The van der Waals surface area contributed by atoms with Gasteiger partial charge in [0.15, 0.2) is 0 Å². The van der Waals surface area contributed by atoms with Gasteiger partial charge in [-0.05, 0) is 282 Å². The molecule has 1 heterocycles. The Kier molecular flexibility index (Phi) is 10.8. The third kappa shape index (κ3) is 6.97. The number of rotatable bonds is 2. The molecule has 2 spiro atoms. The van der Waals surface area contributed by atoms with Crippen LogP contribution in [-0.4, -0.2) is 18.3 Å². The largest absolute Gasteiger partial charge is 0.494 e. The fourth-order valence-electron chi connectivity index (χ4n) is 20.0. The first-order valence-electron chi connectivity index (χ1n) is 30.9. The topological polar surface area (TPSA) is 18.5 Å². The average Bonchev–Trinajstić information content (AvgIpc) is 4.33. The maximum Gasteiger partial charge on any atom is 0.494 e. The molecule has 13 aliphatic rings. The maximum absolute atomic E-state index is 6.41. The minimum atomic E-state index is -0.308. The van der Waals surface area contributed by atoms with Gasteiger partial charge >= 0.3 is 7.12 Å². The summed E-state index contributed by atoms with van der Waals surface area (Å²) < 4.78 is 14.0.